The van der Waals surface area contributed by atoms with Gasteiger partial charge in [-0.15, -0.1) is 0 Å². The minimum atomic E-state index is -3.24. The molecular weight excluding hydrogens is 330 g/mol. The second-order valence-electron chi connectivity index (χ2n) is 6.46. The van der Waals surface area contributed by atoms with Crippen LogP contribution < -0.4 is 5.32 Å². The van der Waals surface area contributed by atoms with Gasteiger partial charge in [0, 0.05) is 50.5 Å². The minimum absolute atomic E-state index is 0.0347. The molecule has 0 saturated carbocycles. The van der Waals surface area contributed by atoms with E-state index in [0.717, 1.165) is 5.56 Å². The molecule has 2 saturated heterocycles. The van der Waals surface area contributed by atoms with Crippen LogP contribution in [-0.4, -0.2) is 55.7 Å². The maximum atomic E-state index is 12.6. The van der Waals surface area contributed by atoms with Gasteiger partial charge in [-0.2, -0.15) is 0 Å². The lowest BCUT2D eigenvalue weighted by Crippen LogP contribution is -2.54. The van der Waals surface area contributed by atoms with Crippen molar-refractivity contribution in [1.29, 1.82) is 0 Å². The van der Waals surface area contributed by atoms with Crippen molar-refractivity contribution >= 4 is 15.9 Å². The maximum Gasteiger partial charge on any atom is 0.223 e. The van der Waals surface area contributed by atoms with Gasteiger partial charge in [0.2, 0.25) is 15.9 Å². The molecule has 8 heteroatoms. The summed E-state index contributed by atoms with van der Waals surface area (Å²) in [5, 5.41) is 2.95. The number of aromatic nitrogens is 1. The van der Waals surface area contributed by atoms with Crippen LogP contribution in [0.25, 0.3) is 0 Å². The monoisotopic (exact) mass is 353 g/mol. The molecule has 0 radical (unpaired) electrons. The van der Waals surface area contributed by atoms with Crippen LogP contribution in [0.2, 0.25) is 0 Å². The zero-order chi connectivity index (χ0) is 17.2. The molecule has 3 rings (SSSR count). The molecule has 7 nitrogen and oxygen atoms in total. The molecule has 24 heavy (non-hydrogen) atoms. The van der Waals surface area contributed by atoms with Crippen LogP contribution in [0, 0.1) is 11.8 Å². The smallest absolute Gasteiger partial charge is 0.223 e. The van der Waals surface area contributed by atoms with Crippen LogP contribution in [0.1, 0.15) is 18.4 Å². The number of carbonyl (C=O) groups is 1. The van der Waals surface area contributed by atoms with Crippen LogP contribution in [0.3, 0.4) is 0 Å². The van der Waals surface area contributed by atoms with Crippen molar-refractivity contribution in [1.82, 2.24) is 14.6 Å². The molecule has 1 amide bonds. The first-order valence-electron chi connectivity index (χ1n) is 8.18. The van der Waals surface area contributed by atoms with Crippen molar-refractivity contribution in [3.05, 3.63) is 30.1 Å². The summed E-state index contributed by atoms with van der Waals surface area (Å²) < 4.78 is 30.9. The highest BCUT2D eigenvalue weighted by Crippen LogP contribution is 2.34. The van der Waals surface area contributed by atoms with Crippen molar-refractivity contribution in [3.8, 4) is 0 Å². The Morgan fingerprint density at radius 2 is 2.29 bits per heavy atom. The van der Waals surface area contributed by atoms with E-state index in [-0.39, 0.29) is 23.8 Å². The molecular formula is C16H23N3O4S. The van der Waals surface area contributed by atoms with Gasteiger partial charge in [0.1, 0.15) is 0 Å². The molecule has 0 bridgehead atoms. The lowest BCUT2D eigenvalue weighted by molar-refractivity contribution is -0.139. The molecule has 2 aliphatic heterocycles. The fourth-order valence-corrected chi connectivity index (χ4v) is 4.41. The standard InChI is InChI=1S/C16H23N3O4S/c1-24(21,22)19-7-4-15-14(11-19)13(5-8-23-15)16(20)18-10-12-3-2-6-17-9-12/h2-3,6,9,13-15H,4-5,7-8,10-11H2,1H3,(H,18,20)/t13-,14-,15-/m1/s1. The van der Waals surface area contributed by atoms with E-state index in [1.54, 1.807) is 12.4 Å². The number of ether oxygens (including phenoxy) is 1. The summed E-state index contributed by atoms with van der Waals surface area (Å²) >= 11 is 0. The number of nitrogens with one attached hydrogen (secondary N) is 1. The predicted molar refractivity (Wildman–Crippen MR) is 88.5 cm³/mol. The number of amides is 1. The molecule has 3 heterocycles. The van der Waals surface area contributed by atoms with Gasteiger partial charge in [0.05, 0.1) is 12.4 Å². The normalized spacial score (nSPS) is 28.1. The lowest BCUT2D eigenvalue weighted by atomic mass is 9.79. The molecule has 0 unspecified atom stereocenters. The minimum Gasteiger partial charge on any atom is -0.378 e. The molecule has 2 aliphatic rings. The van der Waals surface area contributed by atoms with Gasteiger partial charge in [-0.1, -0.05) is 6.07 Å². The predicted octanol–water partition coefficient (Wildman–Crippen LogP) is 0.384. The van der Waals surface area contributed by atoms with E-state index in [0.29, 0.717) is 39.1 Å². The van der Waals surface area contributed by atoms with Crippen molar-refractivity contribution in [2.45, 2.75) is 25.5 Å². The van der Waals surface area contributed by atoms with Gasteiger partial charge in [0.15, 0.2) is 0 Å². The third-order valence-corrected chi connectivity index (χ3v) is 6.10. The van der Waals surface area contributed by atoms with Gasteiger partial charge in [-0.05, 0) is 24.5 Å². The number of rotatable bonds is 4. The van der Waals surface area contributed by atoms with Crippen LogP contribution in [-0.2, 0) is 26.1 Å². The van der Waals surface area contributed by atoms with E-state index in [1.807, 2.05) is 12.1 Å². The van der Waals surface area contributed by atoms with Gasteiger partial charge in [-0.25, -0.2) is 12.7 Å². The Morgan fingerprint density at radius 3 is 3.00 bits per heavy atom. The lowest BCUT2D eigenvalue weighted by Gasteiger charge is -2.43. The number of hydrogen-bond acceptors (Lipinski definition) is 5. The van der Waals surface area contributed by atoms with E-state index >= 15 is 0 Å². The number of hydrogen-bond donors (Lipinski definition) is 1. The molecule has 1 aromatic rings. The molecule has 2 fully saturated rings. The summed E-state index contributed by atoms with van der Waals surface area (Å²) in [6.45, 7) is 1.79. The van der Waals surface area contributed by atoms with Gasteiger partial charge >= 0.3 is 0 Å². The third kappa shape index (κ3) is 3.93. The SMILES string of the molecule is CS(=O)(=O)N1CC[C@H]2OCC[C@@H](C(=O)NCc3cccnc3)[C@H]2C1. The van der Waals surface area contributed by atoms with E-state index in [4.69, 9.17) is 4.74 Å². The van der Waals surface area contributed by atoms with Crippen molar-refractivity contribution < 1.29 is 17.9 Å². The van der Waals surface area contributed by atoms with Crippen LogP contribution >= 0.6 is 0 Å². The molecule has 0 aromatic carbocycles. The highest BCUT2D eigenvalue weighted by Gasteiger charge is 2.43. The zero-order valence-electron chi connectivity index (χ0n) is 13.7. The molecule has 1 N–H and O–H groups in total. The Kier molecular flexibility index (Phi) is 5.17. The van der Waals surface area contributed by atoms with Gasteiger partial charge in [-0.3, -0.25) is 9.78 Å². The average Bonchev–Trinajstić information content (AvgIpc) is 2.58. The van der Waals surface area contributed by atoms with Crippen molar-refractivity contribution in [2.24, 2.45) is 11.8 Å². The van der Waals surface area contributed by atoms with Crippen molar-refractivity contribution in [3.63, 3.8) is 0 Å². The Hall–Kier alpha value is -1.51. The second-order valence-corrected chi connectivity index (χ2v) is 8.44. The van der Waals surface area contributed by atoms with Gasteiger partial charge in [0.25, 0.3) is 0 Å². The second kappa shape index (κ2) is 7.16. The van der Waals surface area contributed by atoms with E-state index in [2.05, 4.69) is 10.3 Å². The summed E-state index contributed by atoms with van der Waals surface area (Å²) in [5.74, 6) is -0.339. The summed E-state index contributed by atoms with van der Waals surface area (Å²) in [5.41, 5.74) is 0.941. The Balaban J connectivity index is 1.66. The van der Waals surface area contributed by atoms with Crippen molar-refractivity contribution in [2.75, 3.05) is 26.0 Å². The highest BCUT2D eigenvalue weighted by molar-refractivity contribution is 7.88. The summed E-state index contributed by atoms with van der Waals surface area (Å²) in [6, 6.07) is 3.74. The van der Waals surface area contributed by atoms with E-state index < -0.39 is 10.0 Å². The number of nitrogens with zero attached hydrogens (tertiary/aromatic N) is 2. The van der Waals surface area contributed by atoms with E-state index in [9.17, 15) is 13.2 Å². The summed E-state index contributed by atoms with van der Waals surface area (Å²) in [4.78, 5) is 16.7. The molecule has 132 valence electrons. The first-order chi connectivity index (χ1) is 11.4. The summed E-state index contributed by atoms with van der Waals surface area (Å²) in [6.07, 6.45) is 5.86. The Labute approximate surface area is 142 Å². The Morgan fingerprint density at radius 1 is 1.46 bits per heavy atom. The number of pyridine rings is 1. The largest absolute Gasteiger partial charge is 0.378 e. The third-order valence-electron chi connectivity index (χ3n) is 4.83. The van der Waals surface area contributed by atoms with Crippen LogP contribution in [0.15, 0.2) is 24.5 Å². The Bertz CT molecular complexity index is 680. The summed E-state index contributed by atoms with van der Waals surface area (Å²) in [7, 11) is -3.24. The number of piperidine rings is 1. The molecule has 0 aliphatic carbocycles. The van der Waals surface area contributed by atoms with E-state index in [1.165, 1.54) is 10.6 Å². The van der Waals surface area contributed by atoms with Crippen LogP contribution in [0.5, 0.6) is 0 Å². The highest BCUT2D eigenvalue weighted by atomic mass is 32.2. The molecule has 3 atom stereocenters. The first kappa shape index (κ1) is 17.3. The molecule has 1 aromatic heterocycles. The first-order valence-corrected chi connectivity index (χ1v) is 10.0. The van der Waals surface area contributed by atoms with Crippen LogP contribution in [0.4, 0.5) is 0 Å². The number of sulfonamides is 1. The number of fused-ring (bicyclic) bond motifs is 1. The fourth-order valence-electron chi connectivity index (χ4n) is 3.53. The zero-order valence-corrected chi connectivity index (χ0v) is 14.5. The average molecular weight is 353 g/mol. The topological polar surface area (TPSA) is 88.6 Å². The number of carbonyl (C=O) groups excluding carboxylic acids is 1. The fraction of sp³-hybridized carbons (Fsp3) is 0.625. The van der Waals surface area contributed by atoms with Gasteiger partial charge < -0.3 is 10.1 Å². The molecule has 0 spiro atoms. The maximum absolute atomic E-state index is 12.6. The quantitative estimate of drug-likeness (QED) is 0.846.